The lowest BCUT2D eigenvalue weighted by Crippen LogP contribution is -2.38. The number of carbonyl (C=O) groups excluding carboxylic acids is 1. The van der Waals surface area contributed by atoms with E-state index in [1.807, 2.05) is 0 Å². The molecule has 21 heavy (non-hydrogen) atoms. The predicted molar refractivity (Wildman–Crippen MR) is 82.5 cm³/mol. The molecule has 0 saturated heterocycles. The Morgan fingerprint density at radius 3 is 2.81 bits per heavy atom. The molecule has 0 aliphatic rings. The third kappa shape index (κ3) is 7.91. The normalized spacial score (nSPS) is 11.2. The number of carbonyl (C=O) groups is 1. The Hall–Kier alpha value is -2.11. The summed E-state index contributed by atoms with van der Waals surface area (Å²) in [4.78, 5) is 15.8. The SMILES string of the molecule is CCCCN=C(N)NCCNC(=O)Cc1cccc(F)c1. The van der Waals surface area contributed by atoms with Crippen molar-refractivity contribution in [2.45, 2.75) is 26.2 Å². The van der Waals surface area contributed by atoms with E-state index in [9.17, 15) is 9.18 Å². The van der Waals surface area contributed by atoms with Crippen LogP contribution in [-0.4, -0.2) is 31.5 Å². The molecular formula is C15H23FN4O. The molecule has 0 spiro atoms. The van der Waals surface area contributed by atoms with E-state index < -0.39 is 0 Å². The Bertz CT molecular complexity index is 476. The second kappa shape index (κ2) is 9.74. The number of rotatable bonds is 8. The molecule has 1 rings (SSSR count). The Balaban J connectivity index is 2.17. The van der Waals surface area contributed by atoms with Crippen molar-refractivity contribution in [2.24, 2.45) is 10.7 Å². The van der Waals surface area contributed by atoms with Crippen molar-refractivity contribution < 1.29 is 9.18 Å². The number of hydrogen-bond acceptors (Lipinski definition) is 2. The first-order valence-electron chi connectivity index (χ1n) is 7.16. The summed E-state index contributed by atoms with van der Waals surface area (Å²) in [6, 6.07) is 6.02. The molecule has 6 heteroatoms. The van der Waals surface area contributed by atoms with Crippen LogP contribution in [0.15, 0.2) is 29.3 Å². The van der Waals surface area contributed by atoms with Gasteiger partial charge < -0.3 is 16.4 Å². The molecule has 0 aliphatic heterocycles. The molecule has 0 atom stereocenters. The number of benzene rings is 1. The molecule has 0 fully saturated rings. The van der Waals surface area contributed by atoms with E-state index in [4.69, 9.17) is 5.73 Å². The maximum Gasteiger partial charge on any atom is 0.224 e. The van der Waals surface area contributed by atoms with Crippen LogP contribution < -0.4 is 16.4 Å². The standard InChI is InChI=1S/C15H23FN4O/c1-2-3-7-19-15(17)20-9-8-18-14(21)11-12-5-4-6-13(16)10-12/h4-6,10H,2-3,7-9,11H2,1H3,(H,18,21)(H3,17,19,20). The van der Waals surface area contributed by atoms with Crippen LogP contribution in [0.3, 0.4) is 0 Å². The third-order valence-corrected chi connectivity index (χ3v) is 2.80. The van der Waals surface area contributed by atoms with Gasteiger partial charge >= 0.3 is 0 Å². The molecule has 0 unspecified atom stereocenters. The van der Waals surface area contributed by atoms with Crippen molar-refractivity contribution in [3.8, 4) is 0 Å². The molecule has 0 saturated carbocycles. The average Bonchev–Trinajstić information content (AvgIpc) is 2.44. The lowest BCUT2D eigenvalue weighted by molar-refractivity contribution is -0.120. The highest BCUT2D eigenvalue weighted by Crippen LogP contribution is 2.03. The van der Waals surface area contributed by atoms with Crippen LogP contribution in [0.4, 0.5) is 4.39 Å². The van der Waals surface area contributed by atoms with Gasteiger partial charge in [-0.25, -0.2) is 4.39 Å². The van der Waals surface area contributed by atoms with Gasteiger partial charge in [-0.05, 0) is 24.1 Å². The molecule has 0 aromatic heterocycles. The van der Waals surface area contributed by atoms with Gasteiger partial charge in [-0.2, -0.15) is 0 Å². The van der Waals surface area contributed by atoms with E-state index in [1.54, 1.807) is 12.1 Å². The zero-order valence-corrected chi connectivity index (χ0v) is 12.4. The number of nitrogens with zero attached hydrogens (tertiary/aromatic N) is 1. The summed E-state index contributed by atoms with van der Waals surface area (Å²) in [5.74, 6) is -0.0928. The van der Waals surface area contributed by atoms with Gasteiger partial charge in [0.15, 0.2) is 5.96 Å². The molecule has 5 nitrogen and oxygen atoms in total. The molecule has 1 aromatic carbocycles. The van der Waals surface area contributed by atoms with E-state index in [2.05, 4.69) is 22.5 Å². The monoisotopic (exact) mass is 294 g/mol. The second-order valence-electron chi connectivity index (χ2n) is 4.70. The van der Waals surface area contributed by atoms with Crippen LogP contribution in [-0.2, 0) is 11.2 Å². The number of unbranched alkanes of at least 4 members (excludes halogenated alkanes) is 1. The van der Waals surface area contributed by atoms with Crippen molar-refractivity contribution in [2.75, 3.05) is 19.6 Å². The van der Waals surface area contributed by atoms with E-state index >= 15 is 0 Å². The molecule has 0 heterocycles. The van der Waals surface area contributed by atoms with Gasteiger partial charge in [0.1, 0.15) is 5.82 Å². The van der Waals surface area contributed by atoms with Gasteiger partial charge in [-0.1, -0.05) is 25.5 Å². The number of nitrogens with one attached hydrogen (secondary N) is 2. The lowest BCUT2D eigenvalue weighted by Gasteiger charge is -2.07. The molecule has 1 aromatic rings. The highest BCUT2D eigenvalue weighted by molar-refractivity contribution is 5.79. The van der Waals surface area contributed by atoms with Gasteiger partial charge in [-0.15, -0.1) is 0 Å². The number of aliphatic imine (C=N–C) groups is 1. The molecular weight excluding hydrogens is 271 g/mol. The van der Waals surface area contributed by atoms with Gasteiger partial charge in [0, 0.05) is 19.6 Å². The fourth-order valence-electron chi connectivity index (χ4n) is 1.70. The van der Waals surface area contributed by atoms with Gasteiger partial charge in [0.25, 0.3) is 0 Å². The second-order valence-corrected chi connectivity index (χ2v) is 4.70. The fourth-order valence-corrected chi connectivity index (χ4v) is 1.70. The summed E-state index contributed by atoms with van der Waals surface area (Å²) < 4.78 is 13.0. The van der Waals surface area contributed by atoms with E-state index in [0.29, 0.717) is 31.2 Å². The maximum atomic E-state index is 13.0. The zero-order chi connectivity index (χ0) is 15.5. The third-order valence-electron chi connectivity index (χ3n) is 2.80. The summed E-state index contributed by atoms with van der Waals surface area (Å²) in [6.45, 7) is 3.75. The van der Waals surface area contributed by atoms with Gasteiger partial charge in [0.2, 0.25) is 5.91 Å². The minimum absolute atomic E-state index is 0.149. The van der Waals surface area contributed by atoms with E-state index in [-0.39, 0.29) is 18.1 Å². The van der Waals surface area contributed by atoms with Crippen LogP contribution in [0, 0.1) is 5.82 Å². The van der Waals surface area contributed by atoms with Gasteiger partial charge in [-0.3, -0.25) is 9.79 Å². The highest BCUT2D eigenvalue weighted by atomic mass is 19.1. The summed E-state index contributed by atoms with van der Waals surface area (Å²) in [5, 5.41) is 5.66. The number of hydrogen-bond donors (Lipinski definition) is 3. The molecule has 116 valence electrons. The lowest BCUT2D eigenvalue weighted by atomic mass is 10.1. The number of amides is 1. The van der Waals surface area contributed by atoms with E-state index in [0.717, 1.165) is 12.8 Å². The Labute approximate surface area is 124 Å². The van der Waals surface area contributed by atoms with Crippen LogP contribution in [0.2, 0.25) is 0 Å². The summed E-state index contributed by atoms with van der Waals surface area (Å²) in [7, 11) is 0. The summed E-state index contributed by atoms with van der Waals surface area (Å²) >= 11 is 0. The van der Waals surface area contributed by atoms with Crippen molar-refractivity contribution in [1.82, 2.24) is 10.6 Å². The Kier molecular flexibility index (Phi) is 7.86. The molecule has 0 aliphatic carbocycles. The van der Waals surface area contributed by atoms with Crippen molar-refractivity contribution >= 4 is 11.9 Å². The topological polar surface area (TPSA) is 79.5 Å². The van der Waals surface area contributed by atoms with E-state index in [1.165, 1.54) is 12.1 Å². The highest BCUT2D eigenvalue weighted by Gasteiger charge is 2.03. The maximum absolute atomic E-state index is 13.0. The Morgan fingerprint density at radius 2 is 2.10 bits per heavy atom. The average molecular weight is 294 g/mol. The molecule has 1 amide bonds. The first kappa shape index (κ1) is 16.9. The van der Waals surface area contributed by atoms with Crippen molar-refractivity contribution in [3.05, 3.63) is 35.6 Å². The molecule has 0 radical (unpaired) electrons. The minimum Gasteiger partial charge on any atom is -0.370 e. The first-order valence-corrected chi connectivity index (χ1v) is 7.16. The van der Waals surface area contributed by atoms with Crippen molar-refractivity contribution in [1.29, 1.82) is 0 Å². The van der Waals surface area contributed by atoms with Crippen LogP contribution in [0.5, 0.6) is 0 Å². The zero-order valence-electron chi connectivity index (χ0n) is 12.4. The summed E-state index contributed by atoms with van der Waals surface area (Å²) in [6.07, 6.45) is 2.25. The quantitative estimate of drug-likeness (QED) is 0.383. The van der Waals surface area contributed by atoms with Crippen LogP contribution >= 0.6 is 0 Å². The van der Waals surface area contributed by atoms with Crippen LogP contribution in [0.25, 0.3) is 0 Å². The van der Waals surface area contributed by atoms with Crippen LogP contribution in [0.1, 0.15) is 25.3 Å². The first-order chi connectivity index (χ1) is 10.1. The molecule has 4 N–H and O–H groups in total. The fraction of sp³-hybridized carbons (Fsp3) is 0.467. The van der Waals surface area contributed by atoms with Gasteiger partial charge in [0.05, 0.1) is 6.42 Å². The predicted octanol–water partition coefficient (Wildman–Crippen LogP) is 1.19. The smallest absolute Gasteiger partial charge is 0.224 e. The molecule has 0 bridgehead atoms. The number of halogens is 1. The summed E-state index contributed by atoms with van der Waals surface area (Å²) in [5.41, 5.74) is 6.31. The largest absolute Gasteiger partial charge is 0.370 e. The Morgan fingerprint density at radius 1 is 1.33 bits per heavy atom. The minimum atomic E-state index is -0.335. The number of nitrogens with two attached hydrogens (primary N) is 1. The van der Waals surface area contributed by atoms with Crippen molar-refractivity contribution in [3.63, 3.8) is 0 Å². The number of guanidine groups is 1.